The van der Waals surface area contributed by atoms with Gasteiger partial charge in [0.05, 0.1) is 10.5 Å². The van der Waals surface area contributed by atoms with E-state index in [1.807, 2.05) is 18.2 Å². The van der Waals surface area contributed by atoms with Crippen LogP contribution in [0.15, 0.2) is 65.6 Å². The molecular formula is C17H12N2O6S. The molecule has 2 N–H and O–H groups in total. The van der Waals surface area contributed by atoms with Gasteiger partial charge < -0.3 is 5.32 Å². The van der Waals surface area contributed by atoms with Crippen molar-refractivity contribution in [1.82, 2.24) is 0 Å². The van der Waals surface area contributed by atoms with Crippen molar-refractivity contribution in [1.29, 1.82) is 0 Å². The van der Waals surface area contributed by atoms with Gasteiger partial charge in [0, 0.05) is 17.1 Å². The molecule has 3 rings (SSSR count). The van der Waals surface area contributed by atoms with Crippen molar-refractivity contribution in [2.24, 2.45) is 0 Å². The molecule has 0 aliphatic carbocycles. The van der Waals surface area contributed by atoms with Crippen molar-refractivity contribution in [3.8, 4) is 0 Å². The second kappa shape index (κ2) is 6.54. The van der Waals surface area contributed by atoms with Gasteiger partial charge in [0.15, 0.2) is 4.90 Å². The molecule has 0 fully saturated rings. The van der Waals surface area contributed by atoms with E-state index in [-0.39, 0.29) is 0 Å². The molecule has 9 heteroatoms. The Kier molecular flexibility index (Phi) is 4.41. The molecule has 3 aromatic carbocycles. The SMILES string of the molecule is O=C(Nc1cccc2ccccc12)c1cccc([N+](=O)[O-])c1S(=O)(=O)O. The molecule has 0 spiro atoms. The number of hydrogen-bond donors (Lipinski definition) is 2. The normalized spacial score (nSPS) is 11.3. The quantitative estimate of drug-likeness (QED) is 0.411. The molecule has 8 nitrogen and oxygen atoms in total. The average molecular weight is 372 g/mol. The molecule has 0 bridgehead atoms. The van der Waals surface area contributed by atoms with Gasteiger partial charge in [-0.1, -0.05) is 42.5 Å². The maximum atomic E-state index is 12.6. The second-order valence-electron chi connectivity index (χ2n) is 5.37. The Balaban J connectivity index is 2.11. The summed E-state index contributed by atoms with van der Waals surface area (Å²) in [4.78, 5) is 21.7. The monoisotopic (exact) mass is 372 g/mol. The predicted molar refractivity (Wildman–Crippen MR) is 94.8 cm³/mol. The Bertz CT molecular complexity index is 1140. The van der Waals surface area contributed by atoms with Crippen LogP contribution in [0.5, 0.6) is 0 Å². The Labute approximate surface area is 148 Å². The van der Waals surface area contributed by atoms with Gasteiger partial charge >= 0.3 is 10.1 Å². The zero-order valence-electron chi connectivity index (χ0n) is 13.1. The summed E-state index contributed by atoms with van der Waals surface area (Å²) in [6.07, 6.45) is 0. The van der Waals surface area contributed by atoms with Crippen LogP contribution in [0.3, 0.4) is 0 Å². The van der Waals surface area contributed by atoms with Gasteiger partial charge in [0.25, 0.3) is 11.6 Å². The van der Waals surface area contributed by atoms with E-state index in [4.69, 9.17) is 0 Å². The number of rotatable bonds is 4. The van der Waals surface area contributed by atoms with Crippen molar-refractivity contribution in [2.75, 3.05) is 5.32 Å². The largest absolute Gasteiger partial charge is 0.321 e. The van der Waals surface area contributed by atoms with Gasteiger partial charge in [-0.05, 0) is 17.5 Å². The third-order valence-corrected chi connectivity index (χ3v) is 4.68. The molecule has 132 valence electrons. The molecule has 0 aromatic heterocycles. The summed E-state index contributed by atoms with van der Waals surface area (Å²) in [6.45, 7) is 0. The summed E-state index contributed by atoms with van der Waals surface area (Å²) in [6, 6.07) is 15.5. The third kappa shape index (κ3) is 3.25. The lowest BCUT2D eigenvalue weighted by atomic mass is 10.1. The van der Waals surface area contributed by atoms with Crippen LogP contribution >= 0.6 is 0 Å². The topological polar surface area (TPSA) is 127 Å². The zero-order valence-corrected chi connectivity index (χ0v) is 13.9. The van der Waals surface area contributed by atoms with Crippen LogP contribution in [-0.4, -0.2) is 23.8 Å². The maximum Gasteiger partial charge on any atom is 0.302 e. The molecule has 0 heterocycles. The number of carbonyl (C=O) groups excluding carboxylic acids is 1. The van der Waals surface area contributed by atoms with Crippen molar-refractivity contribution in [3.63, 3.8) is 0 Å². The number of fused-ring (bicyclic) bond motifs is 1. The van der Waals surface area contributed by atoms with Gasteiger partial charge in [-0.15, -0.1) is 0 Å². The summed E-state index contributed by atoms with van der Waals surface area (Å²) in [7, 11) is -4.99. The number of benzene rings is 3. The van der Waals surface area contributed by atoms with Gasteiger partial charge in [-0.3, -0.25) is 19.5 Å². The van der Waals surface area contributed by atoms with E-state index in [1.54, 1.807) is 24.3 Å². The summed E-state index contributed by atoms with van der Waals surface area (Å²) in [5.41, 5.74) is -0.992. The predicted octanol–water partition coefficient (Wildman–Crippen LogP) is 3.25. The first-order valence-electron chi connectivity index (χ1n) is 7.33. The van der Waals surface area contributed by atoms with Crippen LogP contribution in [0, 0.1) is 10.1 Å². The minimum atomic E-state index is -4.99. The van der Waals surface area contributed by atoms with Gasteiger partial charge in [0.1, 0.15) is 0 Å². The number of nitro groups is 1. The molecule has 0 aliphatic heterocycles. The van der Waals surface area contributed by atoms with Gasteiger partial charge in [0.2, 0.25) is 0 Å². The second-order valence-corrected chi connectivity index (χ2v) is 6.73. The minimum Gasteiger partial charge on any atom is -0.321 e. The number of carbonyl (C=O) groups is 1. The van der Waals surface area contributed by atoms with Crippen molar-refractivity contribution < 1.29 is 22.7 Å². The Morgan fingerprint density at radius 1 is 1.00 bits per heavy atom. The molecule has 0 atom stereocenters. The first-order valence-corrected chi connectivity index (χ1v) is 8.77. The molecule has 26 heavy (non-hydrogen) atoms. The molecule has 0 radical (unpaired) electrons. The number of anilines is 1. The van der Waals surface area contributed by atoms with Crippen LogP contribution in [0.25, 0.3) is 10.8 Å². The van der Waals surface area contributed by atoms with Gasteiger partial charge in [-0.25, -0.2) is 0 Å². The van der Waals surface area contributed by atoms with E-state index >= 15 is 0 Å². The number of hydrogen-bond acceptors (Lipinski definition) is 5. The van der Waals surface area contributed by atoms with Crippen LogP contribution in [0.4, 0.5) is 11.4 Å². The van der Waals surface area contributed by atoms with E-state index in [9.17, 15) is 27.9 Å². The number of amides is 1. The lowest BCUT2D eigenvalue weighted by Crippen LogP contribution is -2.17. The molecule has 0 saturated carbocycles. The molecule has 0 saturated heterocycles. The highest BCUT2D eigenvalue weighted by molar-refractivity contribution is 7.86. The van der Waals surface area contributed by atoms with Gasteiger partial charge in [-0.2, -0.15) is 8.42 Å². The molecule has 0 aliphatic rings. The van der Waals surface area contributed by atoms with Crippen molar-refractivity contribution >= 4 is 38.2 Å². The lowest BCUT2D eigenvalue weighted by Gasteiger charge is -2.11. The fourth-order valence-corrected chi connectivity index (χ4v) is 3.49. The standard InChI is InChI=1S/C17H12N2O6S/c20-17(18-14-9-3-6-11-5-1-2-7-12(11)14)13-8-4-10-15(19(21)22)16(13)26(23,24)25/h1-10H,(H,18,20)(H,23,24,25). The fraction of sp³-hybridized carbons (Fsp3) is 0. The molecule has 0 unspecified atom stereocenters. The van der Waals surface area contributed by atoms with Crippen molar-refractivity contribution in [2.45, 2.75) is 4.90 Å². The third-order valence-electron chi connectivity index (χ3n) is 3.73. The number of nitrogens with zero attached hydrogens (tertiary/aromatic N) is 1. The van der Waals surface area contributed by atoms with E-state index in [1.165, 1.54) is 6.07 Å². The highest BCUT2D eigenvalue weighted by atomic mass is 32.2. The van der Waals surface area contributed by atoms with E-state index in [0.29, 0.717) is 11.1 Å². The van der Waals surface area contributed by atoms with E-state index in [2.05, 4.69) is 5.32 Å². The number of nitro benzene ring substituents is 1. The van der Waals surface area contributed by atoms with Crippen LogP contribution in [0.1, 0.15) is 10.4 Å². The Morgan fingerprint density at radius 2 is 1.65 bits per heavy atom. The van der Waals surface area contributed by atoms with Crippen LogP contribution in [0.2, 0.25) is 0 Å². The minimum absolute atomic E-state index is 0.404. The van der Waals surface area contributed by atoms with E-state index in [0.717, 1.165) is 17.5 Å². The summed E-state index contributed by atoms with van der Waals surface area (Å²) >= 11 is 0. The maximum absolute atomic E-state index is 12.6. The summed E-state index contributed by atoms with van der Waals surface area (Å²) < 4.78 is 32.6. The summed E-state index contributed by atoms with van der Waals surface area (Å²) in [5, 5.41) is 15.2. The highest BCUT2D eigenvalue weighted by Gasteiger charge is 2.30. The summed E-state index contributed by atoms with van der Waals surface area (Å²) in [5.74, 6) is -0.891. The fourth-order valence-electron chi connectivity index (χ4n) is 2.64. The Hall–Kier alpha value is -3.30. The zero-order chi connectivity index (χ0) is 18.9. The first kappa shape index (κ1) is 17.5. The van der Waals surface area contributed by atoms with E-state index < -0.39 is 37.1 Å². The number of nitrogens with one attached hydrogen (secondary N) is 1. The van der Waals surface area contributed by atoms with Crippen LogP contribution < -0.4 is 5.32 Å². The molecule has 3 aromatic rings. The van der Waals surface area contributed by atoms with Crippen LogP contribution in [-0.2, 0) is 10.1 Å². The van der Waals surface area contributed by atoms with Crippen molar-refractivity contribution in [3.05, 3.63) is 76.3 Å². The molecular weight excluding hydrogens is 360 g/mol. The lowest BCUT2D eigenvalue weighted by molar-refractivity contribution is -0.387. The molecule has 1 amide bonds. The first-order chi connectivity index (χ1) is 12.3. The smallest absolute Gasteiger partial charge is 0.302 e. The Morgan fingerprint density at radius 3 is 2.35 bits per heavy atom. The highest BCUT2D eigenvalue weighted by Crippen LogP contribution is 2.29. The average Bonchev–Trinajstić information content (AvgIpc) is 2.60.